The molecule has 0 spiro atoms. The van der Waals surface area contributed by atoms with Crippen molar-refractivity contribution in [1.82, 2.24) is 0 Å². The summed E-state index contributed by atoms with van der Waals surface area (Å²) in [5, 5.41) is 21.1. The summed E-state index contributed by atoms with van der Waals surface area (Å²) in [6.07, 6.45) is -0.893. The van der Waals surface area contributed by atoms with Crippen LogP contribution in [0.3, 0.4) is 0 Å². The Morgan fingerprint density at radius 2 is 1.32 bits per heavy atom. The molecule has 0 saturated heterocycles. The number of hydrogen-bond acceptors (Lipinski definition) is 2. The molecule has 100 valence electrons. The van der Waals surface area contributed by atoms with E-state index >= 15 is 0 Å². The molecule has 2 aromatic rings. The van der Waals surface area contributed by atoms with Gasteiger partial charge in [-0.15, -0.1) is 0 Å². The fourth-order valence-corrected chi connectivity index (χ4v) is 2.41. The SMILES string of the molecule is Cc1cccc(C(O)(c2cccc(C)c2)C(C)O)c1. The van der Waals surface area contributed by atoms with Gasteiger partial charge < -0.3 is 10.2 Å². The fraction of sp³-hybridized carbons (Fsp3) is 0.294. The summed E-state index contributed by atoms with van der Waals surface area (Å²) in [5.41, 5.74) is 2.17. The highest BCUT2D eigenvalue weighted by Gasteiger charge is 2.36. The van der Waals surface area contributed by atoms with Gasteiger partial charge in [0.25, 0.3) is 0 Å². The van der Waals surface area contributed by atoms with Crippen molar-refractivity contribution in [3.05, 3.63) is 70.8 Å². The molecule has 1 unspecified atom stereocenters. The van der Waals surface area contributed by atoms with Crippen molar-refractivity contribution in [2.75, 3.05) is 0 Å². The van der Waals surface area contributed by atoms with Crippen LogP contribution in [0.5, 0.6) is 0 Å². The molecule has 0 aliphatic heterocycles. The molecule has 2 nitrogen and oxygen atoms in total. The zero-order valence-electron chi connectivity index (χ0n) is 11.6. The van der Waals surface area contributed by atoms with Crippen LogP contribution in [-0.4, -0.2) is 16.3 Å². The van der Waals surface area contributed by atoms with Crippen LogP contribution in [0.2, 0.25) is 0 Å². The van der Waals surface area contributed by atoms with E-state index in [4.69, 9.17) is 0 Å². The Labute approximate surface area is 114 Å². The largest absolute Gasteiger partial charge is 0.390 e. The highest BCUT2D eigenvalue weighted by Crippen LogP contribution is 2.33. The number of aliphatic hydroxyl groups excluding tert-OH is 1. The summed E-state index contributed by atoms with van der Waals surface area (Å²) in [4.78, 5) is 0. The molecule has 0 amide bonds. The molecule has 19 heavy (non-hydrogen) atoms. The van der Waals surface area contributed by atoms with E-state index in [1.54, 1.807) is 6.92 Å². The molecule has 1 atom stereocenters. The van der Waals surface area contributed by atoms with Crippen LogP contribution < -0.4 is 0 Å². The molecule has 2 rings (SSSR count). The summed E-state index contributed by atoms with van der Waals surface area (Å²) in [7, 11) is 0. The number of aliphatic hydroxyl groups is 2. The number of benzene rings is 2. The molecule has 0 aliphatic rings. The maximum Gasteiger partial charge on any atom is 0.140 e. The van der Waals surface area contributed by atoms with Crippen molar-refractivity contribution in [3.8, 4) is 0 Å². The zero-order chi connectivity index (χ0) is 14.0. The van der Waals surface area contributed by atoms with Crippen LogP contribution in [0.15, 0.2) is 48.5 Å². The highest BCUT2D eigenvalue weighted by molar-refractivity contribution is 5.40. The van der Waals surface area contributed by atoms with Gasteiger partial charge in [0.2, 0.25) is 0 Å². The Kier molecular flexibility index (Phi) is 3.74. The topological polar surface area (TPSA) is 40.5 Å². The molecule has 0 radical (unpaired) electrons. The second-order valence-corrected chi connectivity index (χ2v) is 5.18. The van der Waals surface area contributed by atoms with Crippen molar-refractivity contribution in [2.45, 2.75) is 32.5 Å². The first-order valence-corrected chi connectivity index (χ1v) is 6.49. The van der Waals surface area contributed by atoms with Crippen molar-refractivity contribution >= 4 is 0 Å². The lowest BCUT2D eigenvalue weighted by Crippen LogP contribution is -2.38. The van der Waals surface area contributed by atoms with E-state index in [1.165, 1.54) is 0 Å². The molecular weight excluding hydrogens is 236 g/mol. The van der Waals surface area contributed by atoms with Gasteiger partial charge >= 0.3 is 0 Å². The maximum absolute atomic E-state index is 11.0. The molecule has 2 heteroatoms. The third-order valence-electron chi connectivity index (χ3n) is 3.52. The Morgan fingerprint density at radius 3 is 1.63 bits per heavy atom. The minimum Gasteiger partial charge on any atom is -0.390 e. The monoisotopic (exact) mass is 256 g/mol. The molecule has 2 aromatic carbocycles. The van der Waals surface area contributed by atoms with Gasteiger partial charge in [0.15, 0.2) is 0 Å². The Balaban J connectivity index is 2.61. The lowest BCUT2D eigenvalue weighted by Gasteiger charge is -2.32. The highest BCUT2D eigenvalue weighted by atomic mass is 16.3. The lowest BCUT2D eigenvalue weighted by atomic mass is 9.81. The van der Waals surface area contributed by atoms with E-state index in [2.05, 4.69) is 0 Å². The van der Waals surface area contributed by atoms with Gasteiger partial charge in [0.05, 0.1) is 6.10 Å². The van der Waals surface area contributed by atoms with Crippen molar-refractivity contribution < 1.29 is 10.2 Å². The standard InChI is InChI=1S/C17H20O2/c1-12-6-4-8-15(10-12)17(19,14(3)18)16-9-5-7-13(2)11-16/h4-11,14,18-19H,1-3H3. The van der Waals surface area contributed by atoms with Gasteiger partial charge in [-0.2, -0.15) is 0 Å². The van der Waals surface area contributed by atoms with Gasteiger partial charge in [-0.05, 0) is 31.9 Å². The second kappa shape index (κ2) is 5.16. The minimum atomic E-state index is -1.38. The van der Waals surface area contributed by atoms with Gasteiger partial charge in [-0.1, -0.05) is 59.7 Å². The Morgan fingerprint density at radius 1 is 0.895 bits per heavy atom. The second-order valence-electron chi connectivity index (χ2n) is 5.18. The van der Waals surface area contributed by atoms with E-state index in [1.807, 2.05) is 62.4 Å². The van der Waals surface area contributed by atoms with Gasteiger partial charge in [-0.3, -0.25) is 0 Å². The smallest absolute Gasteiger partial charge is 0.140 e. The minimum absolute atomic E-state index is 0.716. The van der Waals surface area contributed by atoms with E-state index in [0.29, 0.717) is 11.1 Å². The molecule has 0 aliphatic carbocycles. The van der Waals surface area contributed by atoms with Gasteiger partial charge in [0.1, 0.15) is 5.60 Å². The van der Waals surface area contributed by atoms with Crippen LogP contribution in [0.25, 0.3) is 0 Å². The average Bonchev–Trinajstić information content (AvgIpc) is 2.37. The van der Waals surface area contributed by atoms with Crippen molar-refractivity contribution in [1.29, 1.82) is 0 Å². The molecular formula is C17H20O2. The predicted molar refractivity (Wildman–Crippen MR) is 77.0 cm³/mol. The van der Waals surface area contributed by atoms with Crippen molar-refractivity contribution in [2.24, 2.45) is 0 Å². The van der Waals surface area contributed by atoms with Crippen molar-refractivity contribution in [3.63, 3.8) is 0 Å². The van der Waals surface area contributed by atoms with Crippen LogP contribution >= 0.6 is 0 Å². The van der Waals surface area contributed by atoms with E-state index in [9.17, 15) is 10.2 Å². The van der Waals surface area contributed by atoms with Crippen LogP contribution in [0.1, 0.15) is 29.2 Å². The third-order valence-corrected chi connectivity index (χ3v) is 3.52. The number of rotatable bonds is 3. The van der Waals surface area contributed by atoms with Crippen LogP contribution in [0.4, 0.5) is 0 Å². The number of hydrogen-bond donors (Lipinski definition) is 2. The summed E-state index contributed by atoms with van der Waals surface area (Å²) in [6.45, 7) is 5.56. The van der Waals surface area contributed by atoms with E-state index < -0.39 is 11.7 Å². The third kappa shape index (κ3) is 2.55. The molecule has 0 aromatic heterocycles. The van der Waals surface area contributed by atoms with Gasteiger partial charge in [-0.25, -0.2) is 0 Å². The van der Waals surface area contributed by atoms with Crippen LogP contribution in [0, 0.1) is 13.8 Å². The first-order valence-electron chi connectivity index (χ1n) is 6.49. The molecule has 0 heterocycles. The maximum atomic E-state index is 11.0. The first-order chi connectivity index (χ1) is 8.94. The summed E-state index contributed by atoms with van der Waals surface area (Å²) in [6, 6.07) is 15.3. The summed E-state index contributed by atoms with van der Waals surface area (Å²) < 4.78 is 0. The molecule has 2 N–H and O–H groups in total. The predicted octanol–water partition coefficient (Wildman–Crippen LogP) is 2.92. The zero-order valence-corrected chi connectivity index (χ0v) is 11.6. The Bertz CT molecular complexity index is 527. The quantitative estimate of drug-likeness (QED) is 0.886. The van der Waals surface area contributed by atoms with E-state index in [0.717, 1.165) is 11.1 Å². The summed E-state index contributed by atoms with van der Waals surface area (Å²) in [5.74, 6) is 0. The number of aryl methyl sites for hydroxylation is 2. The normalized spacial score (nSPS) is 13.3. The lowest BCUT2D eigenvalue weighted by molar-refractivity contribution is -0.0394. The van der Waals surface area contributed by atoms with E-state index in [-0.39, 0.29) is 0 Å². The Hall–Kier alpha value is -1.64. The average molecular weight is 256 g/mol. The summed E-state index contributed by atoms with van der Waals surface area (Å²) >= 11 is 0. The molecule has 0 saturated carbocycles. The van der Waals surface area contributed by atoms with Crippen LogP contribution in [-0.2, 0) is 5.60 Å². The first kappa shape index (κ1) is 13.8. The molecule has 0 bridgehead atoms. The molecule has 0 fully saturated rings. The van der Waals surface area contributed by atoms with Gasteiger partial charge in [0, 0.05) is 0 Å². The fourth-order valence-electron chi connectivity index (χ4n) is 2.41.